The summed E-state index contributed by atoms with van der Waals surface area (Å²) < 4.78 is 21.5. The number of hydrogen-bond donors (Lipinski definition) is 3. The molecule has 1 aliphatic heterocycles. The Hall–Kier alpha value is -3.58. The molecule has 6 nitrogen and oxygen atoms in total. The molecule has 2 atom stereocenters. The van der Waals surface area contributed by atoms with Gasteiger partial charge in [0.15, 0.2) is 5.82 Å². The number of nitrogens with one attached hydrogen (secondary N) is 2. The van der Waals surface area contributed by atoms with Crippen molar-refractivity contribution in [3.8, 4) is 5.75 Å². The Morgan fingerprint density at radius 2 is 2.15 bits per heavy atom. The number of nitrogens with zero attached hydrogens (tertiary/aromatic N) is 2. The molecular formula is C27H27FN4O2. The zero-order chi connectivity index (χ0) is 23.2. The van der Waals surface area contributed by atoms with Crippen molar-refractivity contribution in [3.05, 3.63) is 77.5 Å². The summed E-state index contributed by atoms with van der Waals surface area (Å²) in [7, 11) is 0. The first-order valence-electron chi connectivity index (χ1n) is 11.8. The lowest BCUT2D eigenvalue weighted by Crippen LogP contribution is -2.40. The van der Waals surface area contributed by atoms with Crippen LogP contribution in [-0.4, -0.2) is 34.3 Å². The SMILES string of the molecule is CC1CN(CCc2c[nH]c3ccccc23)c2c(F)cc(Nc3ccnc4c3CCC4O)cc2O1. The van der Waals surface area contributed by atoms with Gasteiger partial charge in [0.2, 0.25) is 0 Å². The number of fused-ring (bicyclic) bond motifs is 3. The number of aromatic amines is 1. The van der Waals surface area contributed by atoms with Gasteiger partial charge in [-0.1, -0.05) is 18.2 Å². The van der Waals surface area contributed by atoms with Crippen LogP contribution in [0.5, 0.6) is 5.75 Å². The van der Waals surface area contributed by atoms with Crippen molar-refractivity contribution in [2.24, 2.45) is 0 Å². The van der Waals surface area contributed by atoms with Gasteiger partial charge in [-0.2, -0.15) is 0 Å². The maximum Gasteiger partial charge on any atom is 0.152 e. The van der Waals surface area contributed by atoms with Gasteiger partial charge < -0.3 is 25.0 Å². The molecular weight excluding hydrogens is 431 g/mol. The number of pyridine rings is 1. The van der Waals surface area contributed by atoms with Gasteiger partial charge in [0, 0.05) is 47.3 Å². The third kappa shape index (κ3) is 3.66. The number of H-pyrrole nitrogens is 1. The van der Waals surface area contributed by atoms with Crippen LogP contribution in [0.4, 0.5) is 21.5 Å². The lowest BCUT2D eigenvalue weighted by molar-refractivity contribution is 0.176. The summed E-state index contributed by atoms with van der Waals surface area (Å²) in [5, 5.41) is 14.7. The molecule has 2 unspecified atom stereocenters. The highest BCUT2D eigenvalue weighted by molar-refractivity contribution is 5.83. The highest BCUT2D eigenvalue weighted by Gasteiger charge is 2.28. The normalized spacial score (nSPS) is 19.1. The lowest BCUT2D eigenvalue weighted by Gasteiger charge is -2.35. The Kier molecular flexibility index (Phi) is 5.14. The van der Waals surface area contributed by atoms with Gasteiger partial charge in [0.1, 0.15) is 17.5 Å². The highest BCUT2D eigenvalue weighted by Crippen LogP contribution is 2.41. The summed E-state index contributed by atoms with van der Waals surface area (Å²) in [4.78, 5) is 9.72. The van der Waals surface area contributed by atoms with Gasteiger partial charge in [-0.05, 0) is 55.5 Å². The number of aromatic nitrogens is 2. The third-order valence-electron chi connectivity index (χ3n) is 6.83. The fraction of sp³-hybridized carbons (Fsp3) is 0.296. The summed E-state index contributed by atoms with van der Waals surface area (Å²) in [5.74, 6) is 0.238. The number of aliphatic hydroxyl groups is 1. The van der Waals surface area contributed by atoms with Crippen LogP contribution in [0.1, 0.15) is 36.3 Å². The van der Waals surface area contributed by atoms with Gasteiger partial charge in [0.25, 0.3) is 0 Å². The van der Waals surface area contributed by atoms with Crippen molar-refractivity contribution in [2.75, 3.05) is 23.3 Å². The topological polar surface area (TPSA) is 73.4 Å². The Balaban J connectivity index is 1.27. The van der Waals surface area contributed by atoms with E-state index in [1.165, 1.54) is 17.0 Å². The number of anilines is 3. The molecule has 2 aromatic heterocycles. The Morgan fingerprint density at radius 3 is 3.06 bits per heavy atom. The monoisotopic (exact) mass is 458 g/mol. The molecule has 4 aromatic rings. The molecule has 0 amide bonds. The standard InChI is InChI=1S/C27H27FN4O2/c1-16-15-32(11-9-17-14-30-22-5-3-2-4-19(17)22)27-21(28)12-18(13-25(27)34-16)31-23-8-10-29-26-20(23)6-7-24(26)33/h2-5,8,10,12-14,16,24,30,33H,6-7,9,11,15H2,1H3,(H,29,31). The van der Waals surface area contributed by atoms with E-state index in [0.717, 1.165) is 29.6 Å². The molecule has 3 heterocycles. The van der Waals surface area contributed by atoms with Gasteiger partial charge in [-0.25, -0.2) is 4.39 Å². The van der Waals surface area contributed by atoms with Gasteiger partial charge in [-0.15, -0.1) is 0 Å². The van der Waals surface area contributed by atoms with E-state index in [9.17, 15) is 5.11 Å². The van der Waals surface area contributed by atoms with E-state index in [-0.39, 0.29) is 11.9 Å². The van der Waals surface area contributed by atoms with E-state index in [1.54, 1.807) is 6.20 Å². The number of hydrogen-bond acceptors (Lipinski definition) is 5. The third-order valence-corrected chi connectivity index (χ3v) is 6.83. The summed E-state index contributed by atoms with van der Waals surface area (Å²) in [6.45, 7) is 3.34. The second-order valence-corrected chi connectivity index (χ2v) is 9.19. The second-order valence-electron chi connectivity index (χ2n) is 9.19. The van der Waals surface area contributed by atoms with Gasteiger partial charge in [-0.3, -0.25) is 4.98 Å². The smallest absolute Gasteiger partial charge is 0.152 e. The van der Waals surface area contributed by atoms with Gasteiger partial charge >= 0.3 is 0 Å². The molecule has 2 aromatic carbocycles. The molecule has 0 bridgehead atoms. The summed E-state index contributed by atoms with van der Waals surface area (Å²) in [6, 6.07) is 13.5. The molecule has 34 heavy (non-hydrogen) atoms. The van der Waals surface area contributed by atoms with E-state index >= 15 is 4.39 Å². The first-order valence-corrected chi connectivity index (χ1v) is 11.8. The van der Waals surface area contributed by atoms with Crippen molar-refractivity contribution < 1.29 is 14.2 Å². The molecule has 0 fully saturated rings. The Bertz CT molecular complexity index is 1370. The van der Waals surface area contributed by atoms with Crippen LogP contribution in [0.3, 0.4) is 0 Å². The van der Waals surface area contributed by atoms with Crippen LogP contribution < -0.4 is 15.0 Å². The number of ether oxygens (including phenoxy) is 1. The minimum atomic E-state index is -0.535. The number of rotatable bonds is 5. The Morgan fingerprint density at radius 1 is 1.26 bits per heavy atom. The number of benzene rings is 2. The zero-order valence-corrected chi connectivity index (χ0v) is 19.0. The van der Waals surface area contributed by atoms with E-state index in [0.29, 0.717) is 42.3 Å². The summed E-state index contributed by atoms with van der Waals surface area (Å²) in [6.07, 6.45) is 5.35. The predicted molar refractivity (Wildman–Crippen MR) is 132 cm³/mol. The van der Waals surface area contributed by atoms with Crippen molar-refractivity contribution in [1.82, 2.24) is 9.97 Å². The molecule has 2 aliphatic rings. The minimum absolute atomic E-state index is 0.0505. The average molecular weight is 459 g/mol. The van der Waals surface area contributed by atoms with Crippen LogP contribution in [0.2, 0.25) is 0 Å². The number of para-hydroxylation sites is 1. The van der Waals surface area contributed by atoms with Crippen molar-refractivity contribution in [1.29, 1.82) is 0 Å². The van der Waals surface area contributed by atoms with Crippen LogP contribution in [0.15, 0.2) is 54.9 Å². The lowest BCUT2D eigenvalue weighted by atomic mass is 10.1. The van der Waals surface area contributed by atoms with Crippen LogP contribution in [-0.2, 0) is 12.8 Å². The maximum atomic E-state index is 15.4. The number of halogens is 1. The maximum absolute atomic E-state index is 15.4. The summed E-state index contributed by atoms with van der Waals surface area (Å²) >= 11 is 0. The first-order chi connectivity index (χ1) is 16.6. The quantitative estimate of drug-likeness (QED) is 0.381. The first kappa shape index (κ1) is 21.0. The molecule has 0 radical (unpaired) electrons. The summed E-state index contributed by atoms with van der Waals surface area (Å²) in [5.41, 5.74) is 6.02. The molecule has 7 heteroatoms. The molecule has 174 valence electrons. The van der Waals surface area contributed by atoms with Crippen molar-refractivity contribution in [2.45, 2.75) is 38.4 Å². The molecule has 1 aliphatic carbocycles. The molecule has 3 N–H and O–H groups in total. The van der Waals surface area contributed by atoms with Crippen molar-refractivity contribution in [3.63, 3.8) is 0 Å². The van der Waals surface area contributed by atoms with E-state index in [4.69, 9.17) is 4.74 Å². The van der Waals surface area contributed by atoms with E-state index in [1.807, 2.05) is 37.4 Å². The molecule has 0 saturated heterocycles. The predicted octanol–water partition coefficient (Wildman–Crippen LogP) is 5.26. The largest absolute Gasteiger partial charge is 0.487 e. The number of aliphatic hydroxyl groups excluding tert-OH is 1. The second kappa shape index (κ2) is 8.33. The molecule has 6 rings (SSSR count). The zero-order valence-electron chi connectivity index (χ0n) is 19.0. The minimum Gasteiger partial charge on any atom is -0.487 e. The van der Waals surface area contributed by atoms with Crippen LogP contribution in [0, 0.1) is 5.82 Å². The van der Waals surface area contributed by atoms with Crippen LogP contribution >= 0.6 is 0 Å². The Labute approximate surface area is 197 Å². The molecule has 0 spiro atoms. The molecule has 0 saturated carbocycles. The van der Waals surface area contributed by atoms with Crippen molar-refractivity contribution >= 4 is 28.0 Å². The average Bonchev–Trinajstić information content (AvgIpc) is 3.41. The van der Waals surface area contributed by atoms with Crippen LogP contribution in [0.25, 0.3) is 10.9 Å². The highest BCUT2D eigenvalue weighted by atomic mass is 19.1. The van der Waals surface area contributed by atoms with E-state index < -0.39 is 6.10 Å². The fourth-order valence-electron chi connectivity index (χ4n) is 5.24. The van der Waals surface area contributed by atoms with E-state index in [2.05, 4.69) is 32.3 Å². The van der Waals surface area contributed by atoms with Gasteiger partial charge in [0.05, 0.1) is 18.3 Å². The fourth-order valence-corrected chi connectivity index (χ4v) is 5.24.